The fourth-order valence-electron chi connectivity index (χ4n) is 1.90. The van der Waals surface area contributed by atoms with Crippen LogP contribution in [0.3, 0.4) is 0 Å². The first-order valence-electron chi connectivity index (χ1n) is 5.53. The summed E-state index contributed by atoms with van der Waals surface area (Å²) in [4.78, 5) is 13.7. The molecule has 0 aromatic carbocycles. The first-order valence-corrected chi connectivity index (χ1v) is 5.53. The number of hydrogen-bond donors (Lipinski definition) is 1. The quantitative estimate of drug-likeness (QED) is 0.728. The summed E-state index contributed by atoms with van der Waals surface area (Å²) < 4.78 is 10.5. The molecule has 2 fully saturated rings. The van der Waals surface area contributed by atoms with Crippen LogP contribution in [-0.2, 0) is 14.3 Å². The summed E-state index contributed by atoms with van der Waals surface area (Å²) in [5.41, 5.74) is 0. The zero-order chi connectivity index (χ0) is 10.5. The molecule has 1 amide bonds. The lowest BCUT2D eigenvalue weighted by atomic mass is 10.1. The van der Waals surface area contributed by atoms with Gasteiger partial charge in [0.1, 0.15) is 0 Å². The van der Waals surface area contributed by atoms with E-state index in [1.165, 1.54) is 0 Å². The van der Waals surface area contributed by atoms with Gasteiger partial charge in [-0.3, -0.25) is 4.79 Å². The molecule has 16 heavy (non-hydrogen) atoms. The Hall–Kier alpha value is -0.360. The monoisotopic (exact) mass is 250 g/mol. The van der Waals surface area contributed by atoms with Crippen LogP contribution < -0.4 is 5.32 Å². The SMILES string of the molecule is Cl.O=C(CC1COCCN1)N1CCOCC1. The van der Waals surface area contributed by atoms with Crippen LogP contribution in [0.2, 0.25) is 0 Å². The molecule has 0 aromatic heterocycles. The zero-order valence-electron chi connectivity index (χ0n) is 9.31. The number of nitrogens with zero attached hydrogens (tertiary/aromatic N) is 1. The van der Waals surface area contributed by atoms with Crippen LogP contribution in [0.1, 0.15) is 6.42 Å². The van der Waals surface area contributed by atoms with Gasteiger partial charge in [-0.15, -0.1) is 12.4 Å². The highest BCUT2D eigenvalue weighted by Crippen LogP contribution is 2.05. The summed E-state index contributed by atoms with van der Waals surface area (Å²) in [5, 5.41) is 3.29. The lowest BCUT2D eigenvalue weighted by molar-refractivity contribution is -0.136. The number of carbonyl (C=O) groups excluding carboxylic acids is 1. The molecule has 2 saturated heterocycles. The third-order valence-corrected chi connectivity index (χ3v) is 2.78. The van der Waals surface area contributed by atoms with Gasteiger partial charge in [-0.2, -0.15) is 0 Å². The van der Waals surface area contributed by atoms with Gasteiger partial charge in [-0.1, -0.05) is 0 Å². The molecular formula is C10H19ClN2O3. The van der Waals surface area contributed by atoms with Crippen molar-refractivity contribution in [3.63, 3.8) is 0 Å². The summed E-state index contributed by atoms with van der Waals surface area (Å²) in [5.74, 6) is 0.210. The molecule has 2 heterocycles. The molecule has 2 aliphatic heterocycles. The smallest absolute Gasteiger partial charge is 0.224 e. The Kier molecular flexibility index (Phi) is 6.05. The molecule has 2 aliphatic rings. The highest BCUT2D eigenvalue weighted by Gasteiger charge is 2.22. The van der Waals surface area contributed by atoms with E-state index in [0.717, 1.165) is 26.2 Å². The second kappa shape index (κ2) is 7.06. The summed E-state index contributed by atoms with van der Waals surface area (Å²) in [6.07, 6.45) is 0.542. The van der Waals surface area contributed by atoms with Crippen molar-refractivity contribution in [1.82, 2.24) is 10.2 Å². The van der Waals surface area contributed by atoms with E-state index in [4.69, 9.17) is 9.47 Å². The van der Waals surface area contributed by atoms with Crippen LogP contribution in [0, 0.1) is 0 Å². The number of ether oxygens (including phenoxy) is 2. The van der Waals surface area contributed by atoms with Crippen molar-refractivity contribution < 1.29 is 14.3 Å². The molecule has 6 heteroatoms. The average Bonchev–Trinajstić information content (AvgIpc) is 2.31. The van der Waals surface area contributed by atoms with Gasteiger partial charge in [0, 0.05) is 32.1 Å². The summed E-state index contributed by atoms with van der Waals surface area (Å²) in [7, 11) is 0. The van der Waals surface area contributed by atoms with Crippen LogP contribution in [0.25, 0.3) is 0 Å². The minimum absolute atomic E-state index is 0. The molecule has 0 saturated carbocycles. The Morgan fingerprint density at radius 1 is 1.25 bits per heavy atom. The number of amides is 1. The van der Waals surface area contributed by atoms with E-state index in [-0.39, 0.29) is 24.4 Å². The topological polar surface area (TPSA) is 50.8 Å². The van der Waals surface area contributed by atoms with Gasteiger partial charge < -0.3 is 19.7 Å². The molecule has 2 rings (SSSR count). The van der Waals surface area contributed by atoms with Crippen LogP contribution in [0.5, 0.6) is 0 Å². The predicted molar refractivity (Wildman–Crippen MR) is 61.9 cm³/mol. The standard InChI is InChI=1S/C10H18N2O3.ClH/c13-10(12-2-5-14-6-3-12)7-9-8-15-4-1-11-9;/h9,11H,1-8H2;1H. The molecule has 1 atom stereocenters. The van der Waals surface area contributed by atoms with Gasteiger partial charge in [0.05, 0.1) is 26.4 Å². The summed E-state index contributed by atoms with van der Waals surface area (Å²) in [6.45, 7) is 5.04. The lowest BCUT2D eigenvalue weighted by Gasteiger charge is -2.30. The maximum atomic E-state index is 11.8. The fourth-order valence-corrected chi connectivity index (χ4v) is 1.90. The molecule has 94 valence electrons. The van der Waals surface area contributed by atoms with Crippen LogP contribution >= 0.6 is 12.4 Å². The van der Waals surface area contributed by atoms with Crippen molar-refractivity contribution in [2.24, 2.45) is 0 Å². The van der Waals surface area contributed by atoms with E-state index < -0.39 is 0 Å². The highest BCUT2D eigenvalue weighted by atomic mass is 35.5. The van der Waals surface area contributed by atoms with Crippen LogP contribution in [0.4, 0.5) is 0 Å². The summed E-state index contributed by atoms with van der Waals surface area (Å²) >= 11 is 0. The predicted octanol–water partition coefficient (Wildman–Crippen LogP) is -0.354. The van der Waals surface area contributed by atoms with Crippen molar-refractivity contribution in [3.8, 4) is 0 Å². The Morgan fingerprint density at radius 3 is 2.62 bits per heavy atom. The largest absolute Gasteiger partial charge is 0.378 e. The number of morpholine rings is 2. The fraction of sp³-hybridized carbons (Fsp3) is 0.900. The third-order valence-electron chi connectivity index (χ3n) is 2.78. The van der Waals surface area contributed by atoms with Gasteiger partial charge in [0.2, 0.25) is 5.91 Å². The number of carbonyl (C=O) groups is 1. The normalized spacial score (nSPS) is 26.0. The number of rotatable bonds is 2. The van der Waals surface area contributed by atoms with Crippen molar-refractivity contribution in [2.45, 2.75) is 12.5 Å². The maximum absolute atomic E-state index is 11.8. The number of halogens is 1. The Balaban J connectivity index is 0.00000128. The molecule has 0 aliphatic carbocycles. The second-order valence-electron chi connectivity index (χ2n) is 3.92. The van der Waals surface area contributed by atoms with Crippen LogP contribution in [0.15, 0.2) is 0 Å². The Bertz CT molecular complexity index is 216. The van der Waals surface area contributed by atoms with E-state index in [1.807, 2.05) is 4.90 Å². The van der Waals surface area contributed by atoms with Gasteiger partial charge in [-0.05, 0) is 0 Å². The van der Waals surface area contributed by atoms with Gasteiger partial charge in [-0.25, -0.2) is 0 Å². The zero-order valence-corrected chi connectivity index (χ0v) is 10.1. The molecule has 0 spiro atoms. The van der Waals surface area contributed by atoms with Gasteiger partial charge >= 0.3 is 0 Å². The minimum atomic E-state index is 0. The Morgan fingerprint density at radius 2 is 2.00 bits per heavy atom. The highest BCUT2D eigenvalue weighted by molar-refractivity contribution is 5.85. The average molecular weight is 251 g/mol. The number of hydrogen-bond acceptors (Lipinski definition) is 4. The molecule has 0 aromatic rings. The maximum Gasteiger partial charge on any atom is 0.224 e. The molecule has 0 radical (unpaired) electrons. The second-order valence-corrected chi connectivity index (χ2v) is 3.92. The van der Waals surface area contributed by atoms with Crippen molar-refractivity contribution >= 4 is 18.3 Å². The van der Waals surface area contributed by atoms with E-state index in [0.29, 0.717) is 26.2 Å². The molecular weight excluding hydrogens is 232 g/mol. The first-order chi connectivity index (χ1) is 7.36. The summed E-state index contributed by atoms with van der Waals surface area (Å²) in [6, 6.07) is 0.189. The molecule has 1 unspecified atom stereocenters. The van der Waals surface area contributed by atoms with E-state index in [2.05, 4.69) is 5.32 Å². The third kappa shape index (κ3) is 3.90. The van der Waals surface area contributed by atoms with E-state index in [9.17, 15) is 4.79 Å². The lowest BCUT2D eigenvalue weighted by Crippen LogP contribution is -2.47. The van der Waals surface area contributed by atoms with Crippen LogP contribution in [-0.4, -0.2) is 62.9 Å². The van der Waals surface area contributed by atoms with Crippen molar-refractivity contribution in [1.29, 1.82) is 0 Å². The number of nitrogens with one attached hydrogen (secondary N) is 1. The molecule has 5 nitrogen and oxygen atoms in total. The Labute approximate surface area is 102 Å². The molecule has 0 bridgehead atoms. The minimum Gasteiger partial charge on any atom is -0.378 e. The first kappa shape index (κ1) is 13.7. The van der Waals surface area contributed by atoms with E-state index in [1.54, 1.807) is 0 Å². The van der Waals surface area contributed by atoms with Gasteiger partial charge in [0.15, 0.2) is 0 Å². The van der Waals surface area contributed by atoms with Gasteiger partial charge in [0.25, 0.3) is 0 Å². The van der Waals surface area contributed by atoms with Crippen molar-refractivity contribution in [2.75, 3.05) is 46.1 Å². The van der Waals surface area contributed by atoms with Crippen molar-refractivity contribution in [3.05, 3.63) is 0 Å². The molecule has 1 N–H and O–H groups in total. The van der Waals surface area contributed by atoms with E-state index >= 15 is 0 Å².